The van der Waals surface area contributed by atoms with E-state index in [1.165, 1.54) is 6.92 Å². The molecule has 0 saturated heterocycles. The van der Waals surface area contributed by atoms with Gasteiger partial charge in [-0.1, -0.05) is 122 Å². The van der Waals surface area contributed by atoms with Crippen LogP contribution in [0.1, 0.15) is 258 Å². The summed E-state index contributed by atoms with van der Waals surface area (Å²) in [5, 5.41) is 0. The minimum Gasteiger partial charge on any atom is -0.379 e. The van der Waals surface area contributed by atoms with Crippen LogP contribution in [-0.2, 0) is 708 Å². The smallest absolute Gasteiger partial charge is 0.379 e. The fourth-order valence-corrected chi connectivity index (χ4v) is 21.1. The van der Waals surface area contributed by atoms with Gasteiger partial charge in [0.15, 0.2) is 6.79 Å². The van der Waals surface area contributed by atoms with E-state index in [0.717, 1.165) is 84.2 Å². The van der Waals surface area contributed by atoms with Gasteiger partial charge in [-0.3, -0.25) is 54.3 Å². The maximum absolute atomic E-state index is 14.0. The normalized spacial score (nSPS) is 15.0. The molecule has 32 nitrogen and oxygen atoms in total. The summed E-state index contributed by atoms with van der Waals surface area (Å²) < 4.78 is 190. The van der Waals surface area contributed by atoms with Gasteiger partial charge >= 0.3 is 46.9 Å². The second-order valence-electron chi connectivity index (χ2n) is 33.3. The molecule has 0 aliphatic heterocycles. The first-order valence-electron chi connectivity index (χ1n) is 45.9. The van der Waals surface area contributed by atoms with E-state index in [0.29, 0.717) is 187 Å². The van der Waals surface area contributed by atoms with E-state index in [1.54, 1.807) is 13.8 Å². The molecule has 0 aromatic rings. The molecule has 0 aliphatic carbocycles. The van der Waals surface area contributed by atoms with Crippen LogP contribution in [0.5, 0.6) is 0 Å². The van der Waals surface area contributed by atoms with Gasteiger partial charge in [-0.05, 0) is 52.8 Å². The van der Waals surface area contributed by atoms with E-state index in [9.17, 15) is 56.8 Å². The molecule has 56 heteroatoms. The number of ether oxygens (including phenoxy) is 8. The Kier molecular flexibility index (Phi) is 188. The van der Waals surface area contributed by atoms with Crippen molar-refractivity contribution in [2.75, 3.05) is 139 Å². The minimum absolute atomic E-state index is 0. The zero-order valence-electron chi connectivity index (χ0n) is 89.9. The van der Waals surface area contributed by atoms with E-state index in [4.69, 9.17) is 87.7 Å². The Bertz CT molecular complexity index is 2960. The molecule has 0 aromatic carbocycles. The molecule has 0 rings (SSSR count). The predicted molar refractivity (Wildman–Crippen MR) is 506 cm³/mol. The van der Waals surface area contributed by atoms with Gasteiger partial charge in [0.1, 0.15) is 30.5 Å². The number of hydrogen-bond donors (Lipinski definition) is 6. The van der Waals surface area contributed by atoms with Crippen LogP contribution in [0.3, 0.4) is 0 Å². The van der Waals surface area contributed by atoms with Crippen LogP contribution in [0.2, 0.25) is 0 Å². The van der Waals surface area contributed by atoms with E-state index < -0.39 is 129 Å². The average molecular weight is 3570 g/mol. The molecule has 0 heterocycles. The first-order chi connectivity index (χ1) is 61.1. The van der Waals surface area contributed by atoms with Gasteiger partial charge in [0.2, 0.25) is 0 Å². The number of rotatable bonds is 93. The van der Waals surface area contributed by atoms with E-state index in [-0.39, 0.29) is 682 Å². The molecule has 832 valence electrons. The van der Waals surface area contributed by atoms with Crippen LogP contribution in [0.25, 0.3) is 0 Å². The quantitative estimate of drug-likeness (QED) is 0.0143. The summed E-state index contributed by atoms with van der Waals surface area (Å²) >= 11 is 0. The molecule has 0 fully saturated rings. The summed E-state index contributed by atoms with van der Waals surface area (Å²) in [5.74, 6) is 0. The van der Waals surface area contributed by atoms with Crippen molar-refractivity contribution in [2.45, 2.75) is 295 Å². The average Bonchev–Trinajstić information content (AvgIpc) is 0.853. The van der Waals surface area contributed by atoms with E-state index in [1.807, 2.05) is 0 Å². The molecule has 0 saturated carbocycles. The number of phosphoric ester groups is 6. The van der Waals surface area contributed by atoms with Gasteiger partial charge in [0.05, 0.1) is 125 Å². The van der Waals surface area contributed by atoms with Crippen LogP contribution in [0.15, 0.2) is 0 Å². The van der Waals surface area contributed by atoms with Crippen molar-refractivity contribution in [1.82, 2.24) is 0 Å². The minimum atomic E-state index is -5.23. The third kappa shape index (κ3) is 109. The molecule has 0 bridgehead atoms. The van der Waals surface area contributed by atoms with Crippen LogP contribution in [-0.4, -0.2) is 205 Å². The molecule has 12 atom stereocenters. The van der Waals surface area contributed by atoms with Gasteiger partial charge in [0.25, 0.3) is 0 Å². The van der Waals surface area contributed by atoms with Crippen molar-refractivity contribution in [3.63, 3.8) is 0 Å². The summed E-state index contributed by atoms with van der Waals surface area (Å²) in [4.78, 5) is 64.3. The van der Waals surface area contributed by atoms with Gasteiger partial charge < -0.3 is 192 Å². The maximum atomic E-state index is 14.0. The third-order valence-electron chi connectivity index (χ3n) is 22.1. The maximum Gasteiger partial charge on any atom is 0.474 e. The number of phosphoric acid groups is 6. The fraction of sp³-hybridized carbons (Fsp3) is 0.802. The molecule has 147 heavy (non-hydrogen) atoms. The molecular formula is C91H174O32P6Y18-18. The third-order valence-corrected chi connectivity index (χ3v) is 28.3. The van der Waals surface area contributed by atoms with Gasteiger partial charge in [0, 0.05) is 602 Å². The Morgan fingerprint density at radius 1 is 0.197 bits per heavy atom. The second kappa shape index (κ2) is 129. The topological polar surface area (TPSA) is 408 Å². The van der Waals surface area contributed by atoms with E-state index in [2.05, 4.69) is 129 Å². The van der Waals surface area contributed by atoms with Gasteiger partial charge in [-0.25, -0.2) is 27.4 Å². The number of hydrogen-bond acceptors (Lipinski definition) is 26. The summed E-state index contributed by atoms with van der Waals surface area (Å²) in [5.41, 5.74) is -1.69. The van der Waals surface area contributed by atoms with Crippen LogP contribution in [0, 0.1) is 157 Å². The Labute approximate surface area is 1350 Å². The molecule has 18 radical (unpaired) electrons. The molecule has 0 aromatic heterocycles. The van der Waals surface area contributed by atoms with Crippen molar-refractivity contribution < 1.29 is 738 Å². The Morgan fingerprint density at radius 2 is 0.347 bits per heavy atom. The van der Waals surface area contributed by atoms with Crippen molar-refractivity contribution in [3.8, 4) is 0 Å². The molecule has 12 unspecified atom stereocenters. The van der Waals surface area contributed by atoms with Crippen LogP contribution in [0.4, 0.5) is 0 Å². The zero-order valence-corrected chi connectivity index (χ0v) is 146. The Balaban J connectivity index is -0.000000125. The molecular weight excluding hydrogens is 3390 g/mol. The van der Waals surface area contributed by atoms with E-state index >= 15 is 0 Å². The molecule has 0 aliphatic rings. The van der Waals surface area contributed by atoms with Crippen molar-refractivity contribution >= 4 is 46.9 Å². The van der Waals surface area contributed by atoms with Crippen molar-refractivity contribution in [1.29, 1.82) is 0 Å². The van der Waals surface area contributed by atoms with Crippen molar-refractivity contribution in [3.05, 3.63) is 125 Å². The standard InChI is InChI=1S/C60H114O21P4.C31H60O11P2.18Y/c1-15-29-57(30-16-2,31-17-3)48-69-41-53(27-13)78-85(67,68)77-52-73-45-54(42-70-49-58(32-18-4,33-19-5)34-20-6)79-83(63,64)75-47-56(44-72-51-60(38-24-10,39-25-11)40-26-12)81-84(65,66)76-46-55(80-82(61,62)74-28-14)43-71-50-59(35-21-7,36-22-8)37-23-9;1-9-16-30(17-10-2,18-11-3)26-38-23-28(22-37-15-7)42-44(34,35)40-25-29(41-43(32,33)36-8)24-39-27-31(19-12-4,20-13-5)21-14-6;;;;;;;;;;;;;;;;;;/h53-56H,1-12,15-52H2,13-14H3,(H,61,62)(H,63,64)(H,65,66)(H,67,68);28-29H,1-6,9-27H2,7-8H3,(H,32,33)(H,34,35);;;;;;;;;;;;;;;;;;/q-12;-6;;;;;;;;;;;;;;;;;;. The van der Waals surface area contributed by atoms with Crippen molar-refractivity contribution in [2.24, 2.45) is 32.5 Å². The molecule has 0 amide bonds. The first-order valence-corrected chi connectivity index (χ1v) is 54.8. The fourth-order valence-electron chi connectivity index (χ4n) is 16.1. The van der Waals surface area contributed by atoms with Gasteiger partial charge in [-0.2, -0.15) is 116 Å². The molecule has 6 N–H and O–H groups in total. The van der Waals surface area contributed by atoms with Gasteiger partial charge in [-0.15, -0.1) is 0 Å². The zero-order chi connectivity index (χ0) is 97.9. The largest absolute Gasteiger partial charge is 0.474 e. The molecule has 0 spiro atoms. The predicted octanol–water partition coefficient (Wildman–Crippen LogP) is 22.1. The SMILES string of the molecule is [CH2-]CCC(CC[CH2-])(CC[CH2-])COCC(CC)OP(=O)(O)OCOCC(COCC(CC[CH2-])(CC[CH2-])CC[CH2-])OP(=O)(O)OCC(COCC(CC[CH2-])(CC[CH2-])CC[CH2-])OP(=O)(O)OCC(COCC(CC[CH2-])(CC[CH2-])CC[CH2-])OP(=O)(O)OCC.[CH2-]CCC(CC[CH2-])(CC[CH2-])COCC(COP(=O)(O)OC(COCC)COCC(CC[CH2-])(CC[CH2-])CC[CH2-])OP(=O)(O)OC.[Y].[Y].[Y].[Y].[Y].[Y].[Y].[Y].[Y].[Y].[Y].[Y].[Y].[Y].[Y].[Y].[Y].[Y]. The first kappa shape index (κ1) is 213. The summed E-state index contributed by atoms with van der Waals surface area (Å²) in [6.07, 6.45) is 18.0. The summed E-state index contributed by atoms with van der Waals surface area (Å²) in [7, 11) is -28.1. The summed E-state index contributed by atoms with van der Waals surface area (Å²) in [6, 6.07) is 0. The monoisotopic (exact) mass is 3570 g/mol. The Morgan fingerprint density at radius 3 is 0.517 bits per heavy atom. The Hall–Kier alpha value is 20.2. The van der Waals surface area contributed by atoms with Crippen LogP contribution >= 0.6 is 46.9 Å². The van der Waals surface area contributed by atoms with Crippen LogP contribution < -0.4 is 0 Å². The second-order valence-corrected chi connectivity index (χ2v) is 41.8. The summed E-state index contributed by atoms with van der Waals surface area (Å²) in [6.45, 7) is 73.7.